The van der Waals surface area contributed by atoms with Crippen molar-refractivity contribution in [3.63, 3.8) is 0 Å². The number of hydrogen-bond donors (Lipinski definition) is 4. The van der Waals surface area contributed by atoms with Crippen molar-refractivity contribution in [1.82, 2.24) is 40.0 Å². The number of carbonyl (C=O) groups excluding carboxylic acids is 3. The average Bonchev–Trinajstić information content (AvgIpc) is 4.13. The molecule has 3 saturated heterocycles. The van der Waals surface area contributed by atoms with Crippen molar-refractivity contribution in [2.24, 2.45) is 11.8 Å². The molecule has 4 amide bonds. The maximum Gasteiger partial charge on any atom is 0.407 e. The molecule has 0 bridgehead atoms. The third kappa shape index (κ3) is 9.00. The zero-order valence-corrected chi connectivity index (χ0v) is 39.8. The summed E-state index contributed by atoms with van der Waals surface area (Å²) >= 11 is 0. The Hall–Kier alpha value is -6.26. The molecule has 3 aromatic carbocycles. The normalized spacial score (nSPS) is 20.9. The molecular formula is C50H63F2N9O6. The number of aromatic amines is 2. The van der Waals surface area contributed by atoms with E-state index >= 15 is 8.78 Å². The summed E-state index contributed by atoms with van der Waals surface area (Å²) < 4.78 is 38.2. The fraction of sp³-hybridized carbons (Fsp3) is 0.520. The summed E-state index contributed by atoms with van der Waals surface area (Å²) in [6, 6.07) is 11.1. The van der Waals surface area contributed by atoms with E-state index in [1.54, 1.807) is 21.9 Å². The van der Waals surface area contributed by atoms with Gasteiger partial charge < -0.3 is 39.8 Å². The van der Waals surface area contributed by atoms with Crippen LogP contribution in [0.3, 0.4) is 0 Å². The third-order valence-electron chi connectivity index (χ3n) is 14.1. The van der Waals surface area contributed by atoms with Gasteiger partial charge in [-0.3, -0.25) is 14.5 Å². The lowest BCUT2D eigenvalue weighted by molar-refractivity contribution is -0.138. The summed E-state index contributed by atoms with van der Waals surface area (Å²) in [4.78, 5) is 74.9. The Labute approximate surface area is 389 Å². The Kier molecular flexibility index (Phi) is 13.0. The van der Waals surface area contributed by atoms with E-state index in [1.807, 2.05) is 39.8 Å². The summed E-state index contributed by atoms with van der Waals surface area (Å²) in [7, 11) is 2.66. The first-order valence-corrected chi connectivity index (χ1v) is 23.5. The third-order valence-corrected chi connectivity index (χ3v) is 14.1. The van der Waals surface area contributed by atoms with Crippen LogP contribution in [0.25, 0.3) is 22.1 Å². The quantitative estimate of drug-likeness (QED) is 0.100. The van der Waals surface area contributed by atoms with Gasteiger partial charge >= 0.3 is 12.2 Å². The van der Waals surface area contributed by atoms with Crippen LogP contribution >= 0.6 is 0 Å². The molecule has 0 radical (unpaired) electrons. The van der Waals surface area contributed by atoms with Gasteiger partial charge in [0.15, 0.2) is 0 Å². The summed E-state index contributed by atoms with van der Waals surface area (Å²) in [6.07, 6.45) is 1.84. The average molecular weight is 924 g/mol. The highest BCUT2D eigenvalue weighted by molar-refractivity contribution is 5.87. The van der Waals surface area contributed by atoms with E-state index < -0.39 is 60.1 Å². The number of hydrogen-bond acceptors (Lipinski definition) is 8. The molecule has 2 aromatic heterocycles. The number of fused-ring (bicyclic) bond motifs is 2. The smallest absolute Gasteiger partial charge is 0.407 e. The number of rotatable bonds is 11. The number of carboxylic acid groups (broad SMARTS) is 1. The van der Waals surface area contributed by atoms with E-state index in [0.717, 1.165) is 22.6 Å². The first-order valence-electron chi connectivity index (χ1n) is 23.5. The van der Waals surface area contributed by atoms with Crippen LogP contribution in [-0.2, 0) is 19.7 Å². The second-order valence-corrected chi connectivity index (χ2v) is 20.2. The number of methoxy groups -OCH3 is 1. The zero-order chi connectivity index (χ0) is 48.2. The van der Waals surface area contributed by atoms with Gasteiger partial charge in [0.25, 0.3) is 0 Å². The minimum atomic E-state index is -1.18. The van der Waals surface area contributed by atoms with Crippen LogP contribution in [0.1, 0.15) is 139 Å². The molecule has 3 fully saturated rings. The molecule has 6 atom stereocenters. The van der Waals surface area contributed by atoms with E-state index in [1.165, 1.54) is 26.3 Å². The van der Waals surface area contributed by atoms with Crippen LogP contribution in [0.5, 0.6) is 0 Å². The number of likely N-dealkylation sites (N-methyl/N-ethyl adjacent to an activating group) is 1. The van der Waals surface area contributed by atoms with Crippen LogP contribution in [0, 0.1) is 23.5 Å². The minimum absolute atomic E-state index is 0.123. The Balaban J connectivity index is 1.13. The Bertz CT molecular complexity index is 2680. The lowest BCUT2D eigenvalue weighted by atomic mass is 9.87. The SMILES string of the molecule is COC(=O)N[C@H](C(=O)N1CCC[C@H]1c1nc2cc(F)c([C@@H]3CC[C@H](c4cc5[nH]c([C@@H]6CCCN6C(=O)[C@H](C(C)C)N(C)C(=O)O)nc5cc4F)N3c3ccc(C(C)(C)C)cc3)cc2[nH]1)C(C)C. The Morgan fingerprint density at radius 3 is 1.69 bits per heavy atom. The largest absolute Gasteiger partial charge is 0.465 e. The van der Waals surface area contributed by atoms with Crippen molar-refractivity contribution < 1.29 is 37.8 Å². The Morgan fingerprint density at radius 1 is 0.761 bits per heavy atom. The molecule has 17 heteroatoms. The summed E-state index contributed by atoms with van der Waals surface area (Å²) in [5.74, 6) is -0.870. The van der Waals surface area contributed by atoms with E-state index in [9.17, 15) is 24.3 Å². The fourth-order valence-electron chi connectivity index (χ4n) is 10.6. The molecule has 358 valence electrons. The fourth-order valence-corrected chi connectivity index (χ4v) is 10.6. The molecule has 4 N–H and O–H groups in total. The molecule has 5 aromatic rings. The van der Waals surface area contributed by atoms with Crippen LogP contribution in [-0.4, -0.2) is 103 Å². The molecule has 8 rings (SSSR count). The lowest BCUT2D eigenvalue weighted by Gasteiger charge is -2.34. The van der Waals surface area contributed by atoms with E-state index in [0.29, 0.717) is 90.0 Å². The Morgan fingerprint density at radius 2 is 1.25 bits per heavy atom. The number of nitrogens with one attached hydrogen (secondary N) is 3. The van der Waals surface area contributed by atoms with E-state index in [2.05, 4.69) is 53.1 Å². The standard InChI is InChI=1S/C50H63F2N9O6/c1-26(2)42(57-48(64)67-9)46(62)59-20-10-12-40(59)44-53-34-22-30(32(51)24-36(34)55-44)38-18-19-39(61(38)29-16-14-28(15-17-29)50(5,6)7)31-23-35-37(25-33(31)52)56-45(54-35)41-13-11-21-60(41)47(63)43(27(3)4)58(8)49(65)66/h14-17,22-27,38-43H,10-13,18-21H2,1-9H3,(H,53,55)(H,54,56)(H,57,64)(H,65,66)/t38-,39+,40-,41-,42-,43-/m0/s1. The highest BCUT2D eigenvalue weighted by Gasteiger charge is 2.42. The van der Waals surface area contributed by atoms with Crippen LogP contribution in [0.4, 0.5) is 24.1 Å². The molecule has 3 aliphatic heterocycles. The number of nitrogens with zero attached hydrogens (tertiary/aromatic N) is 6. The summed E-state index contributed by atoms with van der Waals surface area (Å²) in [5.41, 5.74) is 4.68. The van der Waals surface area contributed by atoms with Gasteiger partial charge in [0.1, 0.15) is 35.4 Å². The number of carbonyl (C=O) groups is 4. The first-order chi connectivity index (χ1) is 31.8. The summed E-state index contributed by atoms with van der Waals surface area (Å²) in [6.45, 7) is 14.7. The molecule has 0 saturated carbocycles. The number of H-pyrrole nitrogens is 2. The monoisotopic (exact) mass is 923 g/mol. The predicted molar refractivity (Wildman–Crippen MR) is 250 cm³/mol. The number of ether oxygens (including phenoxy) is 1. The predicted octanol–water partition coefficient (Wildman–Crippen LogP) is 9.44. The van der Waals surface area contributed by atoms with Crippen LogP contribution in [0.2, 0.25) is 0 Å². The van der Waals surface area contributed by atoms with Gasteiger partial charge in [-0.2, -0.15) is 0 Å². The number of anilines is 1. The second-order valence-electron chi connectivity index (χ2n) is 20.2. The van der Waals surface area contributed by atoms with Gasteiger partial charge in [0, 0.05) is 49.1 Å². The molecule has 0 spiro atoms. The van der Waals surface area contributed by atoms with Crippen molar-refractivity contribution in [3.05, 3.63) is 88.5 Å². The highest BCUT2D eigenvalue weighted by atomic mass is 19.1. The topological polar surface area (TPSA) is 180 Å². The van der Waals surface area contributed by atoms with Crippen LogP contribution < -0.4 is 10.2 Å². The van der Waals surface area contributed by atoms with Crippen LogP contribution in [0.15, 0.2) is 48.5 Å². The molecule has 15 nitrogen and oxygen atoms in total. The van der Waals surface area contributed by atoms with Crippen molar-refractivity contribution in [1.29, 1.82) is 0 Å². The molecule has 67 heavy (non-hydrogen) atoms. The number of benzene rings is 3. The maximum atomic E-state index is 16.7. The number of amides is 4. The van der Waals surface area contributed by atoms with Crippen molar-refractivity contribution >= 4 is 51.8 Å². The van der Waals surface area contributed by atoms with Crippen molar-refractivity contribution in [2.75, 3.05) is 32.1 Å². The van der Waals surface area contributed by atoms with Gasteiger partial charge in [-0.1, -0.05) is 60.6 Å². The van der Waals surface area contributed by atoms with Gasteiger partial charge in [0.05, 0.1) is 53.3 Å². The van der Waals surface area contributed by atoms with Crippen molar-refractivity contribution in [2.45, 2.75) is 129 Å². The number of imidazole rings is 2. The number of likely N-dealkylation sites (tertiary alicyclic amines) is 2. The van der Waals surface area contributed by atoms with Gasteiger partial charge in [-0.05, 0) is 85.6 Å². The zero-order valence-electron chi connectivity index (χ0n) is 39.8. The maximum absolute atomic E-state index is 16.7. The molecule has 0 unspecified atom stereocenters. The van der Waals surface area contributed by atoms with E-state index in [4.69, 9.17) is 14.7 Å². The number of halogens is 2. The number of aromatic nitrogens is 4. The minimum Gasteiger partial charge on any atom is -0.465 e. The van der Waals surface area contributed by atoms with E-state index in [-0.39, 0.29) is 29.1 Å². The van der Waals surface area contributed by atoms with Gasteiger partial charge in [-0.25, -0.2) is 28.3 Å². The number of alkyl carbamates (subject to hydrolysis) is 1. The first kappa shape index (κ1) is 47.2. The molecular weight excluding hydrogens is 861 g/mol. The molecule has 0 aliphatic carbocycles. The van der Waals surface area contributed by atoms with Gasteiger partial charge in [-0.15, -0.1) is 0 Å². The highest BCUT2D eigenvalue weighted by Crippen LogP contribution is 2.49. The second kappa shape index (κ2) is 18.4. The summed E-state index contributed by atoms with van der Waals surface area (Å²) in [5, 5.41) is 12.4. The van der Waals surface area contributed by atoms with Crippen molar-refractivity contribution in [3.8, 4) is 0 Å². The van der Waals surface area contributed by atoms with Gasteiger partial charge in [0.2, 0.25) is 11.8 Å². The molecule has 3 aliphatic rings. The molecule has 5 heterocycles. The lowest BCUT2D eigenvalue weighted by Crippen LogP contribution is -2.51.